The lowest BCUT2D eigenvalue weighted by molar-refractivity contribution is -0.384. The molecule has 0 radical (unpaired) electrons. The Balaban J connectivity index is 0.000000404. The third kappa shape index (κ3) is 8.84. The Hall–Kier alpha value is -3.96. The normalized spacial score (nSPS) is 13.5. The molecule has 1 aliphatic rings. The van der Waals surface area contributed by atoms with E-state index in [1.807, 2.05) is 31.2 Å². The van der Waals surface area contributed by atoms with E-state index in [1.165, 1.54) is 15.5 Å². The molecule has 0 saturated carbocycles. The summed E-state index contributed by atoms with van der Waals surface area (Å²) in [6.45, 7) is -0.238. The number of hydrogen-bond donors (Lipinski definition) is 0. The van der Waals surface area contributed by atoms with Gasteiger partial charge in [0.25, 0.3) is 5.69 Å². The first-order valence-electron chi connectivity index (χ1n) is 14.5. The van der Waals surface area contributed by atoms with Crippen molar-refractivity contribution in [2.24, 2.45) is 0 Å². The summed E-state index contributed by atoms with van der Waals surface area (Å²) in [6.07, 6.45) is 0. The minimum absolute atomic E-state index is 0.0771. The monoisotopic (exact) mass is 780 g/mol. The van der Waals surface area contributed by atoms with Gasteiger partial charge in [-0.1, -0.05) is 126 Å². The molecule has 1 heterocycles. The highest BCUT2D eigenvalue weighted by molar-refractivity contribution is 7.86. The summed E-state index contributed by atoms with van der Waals surface area (Å²) in [5.41, 5.74) is -1.71. The topological polar surface area (TPSA) is 103 Å². The van der Waals surface area contributed by atoms with Crippen molar-refractivity contribution in [3.8, 4) is 0 Å². The van der Waals surface area contributed by atoms with E-state index in [0.29, 0.717) is 0 Å². The van der Waals surface area contributed by atoms with E-state index in [0.717, 1.165) is 27.9 Å². The molecule has 0 bridgehead atoms. The Morgan fingerprint density at radius 1 is 0.760 bits per heavy atom. The summed E-state index contributed by atoms with van der Waals surface area (Å²) in [4.78, 5) is 12.7. The second-order valence-electron chi connectivity index (χ2n) is 10.5. The highest BCUT2D eigenvalue weighted by atomic mass is 35.6. The lowest BCUT2D eigenvalue weighted by Gasteiger charge is -2.27. The van der Waals surface area contributed by atoms with Crippen molar-refractivity contribution >= 4 is 79.5 Å². The number of nitrogens with zero attached hydrogens (tertiary/aromatic N) is 2. The zero-order valence-corrected chi connectivity index (χ0v) is 29.9. The van der Waals surface area contributed by atoms with Crippen LogP contribution in [0, 0.1) is 22.0 Å². The van der Waals surface area contributed by atoms with E-state index >= 15 is 0 Å². The summed E-state index contributed by atoms with van der Waals surface area (Å²) < 4.78 is 60.4. The molecule has 7 nitrogen and oxygen atoms in total. The second-order valence-corrected chi connectivity index (χ2v) is 17.0. The third-order valence-corrected chi connectivity index (χ3v) is 11.9. The molecule has 6 rings (SSSR count). The number of para-hydroxylation sites is 1. The van der Waals surface area contributed by atoms with Crippen molar-refractivity contribution in [3.63, 3.8) is 0 Å². The quantitative estimate of drug-likeness (QED) is 0.0338. The number of halogens is 6. The average Bonchev–Trinajstić information content (AvgIpc) is 3.08. The van der Waals surface area contributed by atoms with Crippen LogP contribution in [0.4, 0.5) is 24.5 Å². The van der Waals surface area contributed by atoms with Crippen LogP contribution >= 0.6 is 41.7 Å². The lowest BCUT2D eigenvalue weighted by Crippen LogP contribution is -2.32. The summed E-state index contributed by atoms with van der Waals surface area (Å²) in [5.74, 6) is 2.44. The molecule has 0 N–H and O–H groups in total. The molecule has 0 fully saturated rings. The van der Waals surface area contributed by atoms with E-state index in [2.05, 4.69) is 107 Å². The Morgan fingerprint density at radius 2 is 1.20 bits per heavy atom. The van der Waals surface area contributed by atoms with Gasteiger partial charge in [0.05, 0.1) is 15.9 Å². The van der Waals surface area contributed by atoms with Crippen molar-refractivity contribution in [3.05, 3.63) is 171 Å². The summed E-state index contributed by atoms with van der Waals surface area (Å²) in [7, 11) is -6.09. The van der Waals surface area contributed by atoms with Crippen LogP contribution in [0.15, 0.2) is 139 Å². The van der Waals surface area contributed by atoms with Crippen molar-refractivity contribution in [1.29, 1.82) is 0 Å². The molecule has 5 aromatic rings. The molecule has 15 heteroatoms. The number of alkyl halides is 6. The Labute approximate surface area is 301 Å². The zero-order valence-electron chi connectivity index (χ0n) is 25.9. The van der Waals surface area contributed by atoms with Crippen LogP contribution < -0.4 is 20.5 Å². The molecule has 0 spiro atoms. The van der Waals surface area contributed by atoms with Gasteiger partial charge in [-0.05, 0) is 48.7 Å². The molecule has 260 valence electrons. The van der Waals surface area contributed by atoms with Crippen molar-refractivity contribution in [2.75, 3.05) is 0 Å². The summed E-state index contributed by atoms with van der Waals surface area (Å²) in [6, 6.07) is 45.4. The highest BCUT2D eigenvalue weighted by Gasteiger charge is 2.37. The zero-order chi connectivity index (χ0) is 36.7. The van der Waals surface area contributed by atoms with Crippen LogP contribution in [-0.2, 0) is 10.1 Å². The average molecular weight is 782 g/mol. The van der Waals surface area contributed by atoms with Crippen molar-refractivity contribution < 1.29 is 31.1 Å². The number of fused-ring (bicyclic) bond motifs is 1. The van der Waals surface area contributed by atoms with Gasteiger partial charge < -0.3 is 4.55 Å². The number of nitro benzene ring substituents is 1. The maximum atomic E-state index is 11.8. The summed E-state index contributed by atoms with van der Waals surface area (Å²) in [5, 5.41) is 15.4. The lowest BCUT2D eigenvalue weighted by atomic mass is 10.1. The van der Waals surface area contributed by atoms with E-state index < -0.39 is 26.8 Å². The molecular formula is C35H27Cl3F3N2O5PS. The molecule has 0 atom stereocenters. The van der Waals surface area contributed by atoms with Gasteiger partial charge in [0, 0.05) is 29.1 Å². The van der Waals surface area contributed by atoms with Crippen LogP contribution in [0.3, 0.4) is 0 Å². The third-order valence-electron chi connectivity index (χ3n) is 7.38. The van der Waals surface area contributed by atoms with Gasteiger partial charge in [-0.25, -0.2) is 8.42 Å². The number of nitro groups is 1. The Morgan fingerprint density at radius 3 is 1.66 bits per heavy atom. The fraction of sp³-hybridized carbons (Fsp3) is 0.0857. The van der Waals surface area contributed by atoms with Gasteiger partial charge in [0.15, 0.2) is 14.4 Å². The van der Waals surface area contributed by atoms with Crippen LogP contribution in [0.2, 0.25) is 0 Å². The largest absolute Gasteiger partial charge is 0.741 e. The SMILES string of the molecule is Cc1ccc([N+](=O)[O-])cc1[N+]1=c2ccccc2=P(c2ccccc2)(c2ccccc2)C=C1c1ccccc1.ClC(Cl)Cl.O=S(=O)([O-])C(F)(F)F. The van der Waals surface area contributed by atoms with Crippen molar-refractivity contribution in [1.82, 2.24) is 4.58 Å². The smallest absolute Gasteiger partial charge is 0.485 e. The van der Waals surface area contributed by atoms with Crippen LogP contribution in [0.25, 0.3) is 5.70 Å². The van der Waals surface area contributed by atoms with Crippen LogP contribution in [-0.4, -0.2) is 27.7 Å². The summed E-state index contributed by atoms with van der Waals surface area (Å²) >= 11 is 14.4. The van der Waals surface area contributed by atoms with Gasteiger partial charge in [0.1, 0.15) is 0 Å². The highest BCUT2D eigenvalue weighted by Crippen LogP contribution is 2.53. The molecule has 50 heavy (non-hydrogen) atoms. The Bertz CT molecular complexity index is 2230. The molecule has 0 amide bonds. The van der Waals surface area contributed by atoms with Crippen LogP contribution in [0.1, 0.15) is 11.1 Å². The standard InChI is InChI=1S/C33H26N2O2P.CHCl3.CHF3O3S/c1-25-21-22-27(35(36)37)23-31(25)34-30-19-11-12-20-33(30)38(28-15-7-3-8-16-28,29-17-9-4-10-18-29)24-32(34)26-13-5-2-6-14-26;2-1(3)4;2-1(3,4)8(5,6)7/h2-24H,1H3;1H;(H,5,6,7)/q+1;;/p-1. The second kappa shape index (κ2) is 16.4. The van der Waals surface area contributed by atoms with Crippen LogP contribution in [0.5, 0.6) is 0 Å². The minimum Gasteiger partial charge on any atom is -0.741 e. The first-order valence-corrected chi connectivity index (χ1v) is 19.0. The van der Waals surface area contributed by atoms with E-state index in [4.69, 9.17) is 47.8 Å². The molecule has 5 aromatic carbocycles. The predicted octanol–water partition coefficient (Wildman–Crippen LogP) is 8.70. The molecular weight excluding hydrogens is 755 g/mol. The van der Waals surface area contributed by atoms with E-state index in [-0.39, 0.29) is 10.6 Å². The molecule has 1 aliphatic heterocycles. The van der Waals surface area contributed by atoms with Gasteiger partial charge in [-0.2, -0.15) is 17.7 Å². The number of benzene rings is 5. The first-order chi connectivity index (χ1) is 23.6. The number of non-ortho nitro benzene ring substituents is 1. The van der Waals surface area contributed by atoms with E-state index in [1.54, 1.807) is 12.1 Å². The Kier molecular flexibility index (Phi) is 12.7. The molecule has 0 saturated heterocycles. The first kappa shape index (κ1) is 38.8. The predicted molar refractivity (Wildman–Crippen MR) is 194 cm³/mol. The minimum atomic E-state index is -6.09. The molecule has 0 unspecified atom stereocenters. The molecule has 0 aromatic heterocycles. The van der Waals surface area contributed by atoms with Crippen molar-refractivity contribution in [2.45, 2.75) is 16.7 Å². The number of hydrogen-bond acceptors (Lipinski definition) is 5. The van der Waals surface area contributed by atoms with E-state index in [9.17, 15) is 23.3 Å². The van der Waals surface area contributed by atoms with Gasteiger partial charge in [-0.15, -0.1) is 0 Å². The number of rotatable bonds is 5. The molecule has 0 aliphatic carbocycles. The number of aryl methyl sites for hydroxylation is 1. The fourth-order valence-electron chi connectivity index (χ4n) is 5.32. The van der Waals surface area contributed by atoms with Gasteiger partial charge in [-0.3, -0.25) is 10.1 Å². The van der Waals surface area contributed by atoms with Gasteiger partial charge in [0.2, 0.25) is 16.7 Å². The van der Waals surface area contributed by atoms with Gasteiger partial charge >= 0.3 is 5.51 Å². The maximum Gasteiger partial charge on any atom is 0.485 e. The fourth-order valence-corrected chi connectivity index (χ4v) is 9.38. The maximum absolute atomic E-state index is 11.8.